The first-order chi connectivity index (χ1) is 19.6. The second kappa shape index (κ2) is 13.7. The third-order valence-corrected chi connectivity index (χ3v) is 6.77. The number of halogens is 4. The Morgan fingerprint density at radius 2 is 0.951 bits per heavy atom. The Morgan fingerprint density at radius 3 is 1.29 bits per heavy atom. The highest BCUT2D eigenvalue weighted by Gasteiger charge is 2.15. The van der Waals surface area contributed by atoms with Crippen LogP contribution in [0.1, 0.15) is 27.1 Å². The number of hydrogen-bond acceptors (Lipinski definition) is 6. The van der Waals surface area contributed by atoms with Gasteiger partial charge in [-0.1, -0.05) is 70.7 Å². The van der Waals surface area contributed by atoms with E-state index in [2.05, 4.69) is 10.6 Å². The molecule has 0 saturated heterocycles. The highest BCUT2D eigenvalue weighted by atomic mass is 35.5. The number of carboxylic acids is 2. The van der Waals surface area contributed by atoms with E-state index in [4.69, 9.17) is 55.9 Å². The molecule has 0 radical (unpaired) electrons. The molecule has 0 saturated carbocycles. The molecule has 0 bridgehead atoms. The van der Waals surface area contributed by atoms with Crippen LogP contribution in [0.3, 0.4) is 0 Å². The van der Waals surface area contributed by atoms with Crippen LogP contribution >= 0.6 is 46.4 Å². The zero-order chi connectivity index (χ0) is 29.5. The van der Waals surface area contributed by atoms with Crippen molar-refractivity contribution in [2.24, 2.45) is 0 Å². The van der Waals surface area contributed by atoms with Crippen molar-refractivity contribution in [1.82, 2.24) is 0 Å². The number of carbonyl (C=O) groups is 2. The second-order valence-electron chi connectivity index (χ2n) is 8.54. The molecular formula is C29H22Cl4N2O6. The summed E-state index contributed by atoms with van der Waals surface area (Å²) in [5.41, 5.74) is 1.99. The van der Waals surface area contributed by atoms with Crippen LogP contribution in [-0.4, -0.2) is 35.4 Å². The molecule has 8 nitrogen and oxygen atoms in total. The van der Waals surface area contributed by atoms with Gasteiger partial charge in [0, 0.05) is 17.8 Å². The molecule has 4 aromatic rings. The summed E-state index contributed by atoms with van der Waals surface area (Å²) in [6.07, 6.45) is 0.442. The highest BCUT2D eigenvalue weighted by molar-refractivity contribution is 6.38. The monoisotopic (exact) mass is 634 g/mol. The molecule has 0 aliphatic rings. The van der Waals surface area contributed by atoms with Gasteiger partial charge in [0.25, 0.3) is 0 Å². The molecule has 0 aliphatic carbocycles. The van der Waals surface area contributed by atoms with Crippen molar-refractivity contribution < 1.29 is 29.3 Å². The second-order valence-corrected chi connectivity index (χ2v) is 10.2. The van der Waals surface area contributed by atoms with Gasteiger partial charge in [0.1, 0.15) is 0 Å². The van der Waals surface area contributed by atoms with E-state index in [1.807, 2.05) is 0 Å². The molecule has 4 rings (SSSR count). The van der Waals surface area contributed by atoms with E-state index in [9.17, 15) is 19.8 Å². The number of para-hydroxylation sites is 2. The molecule has 212 valence electrons. The minimum atomic E-state index is -1.07. The SMILES string of the molecule is O=C(O)c1ccccc1Nc1cc(Cl)c(OCCCOc2c(Cl)cc(Nc3ccccc3C(=O)O)cc2Cl)c(Cl)c1. The maximum Gasteiger partial charge on any atom is 0.337 e. The normalized spacial score (nSPS) is 10.6. The molecule has 0 unspecified atom stereocenters. The van der Waals surface area contributed by atoms with Gasteiger partial charge in [-0.15, -0.1) is 0 Å². The lowest BCUT2D eigenvalue weighted by molar-refractivity contribution is 0.0687. The van der Waals surface area contributed by atoms with Crippen LogP contribution in [-0.2, 0) is 0 Å². The third kappa shape index (κ3) is 7.68. The van der Waals surface area contributed by atoms with E-state index in [1.165, 1.54) is 12.1 Å². The maximum absolute atomic E-state index is 11.5. The summed E-state index contributed by atoms with van der Waals surface area (Å²) in [5.74, 6) is -1.58. The van der Waals surface area contributed by atoms with Crippen LogP contribution in [0.4, 0.5) is 22.7 Å². The van der Waals surface area contributed by atoms with Crippen LogP contribution in [0.15, 0.2) is 72.8 Å². The molecule has 4 aromatic carbocycles. The van der Waals surface area contributed by atoms with Crippen molar-refractivity contribution in [3.63, 3.8) is 0 Å². The van der Waals surface area contributed by atoms with Gasteiger partial charge < -0.3 is 30.3 Å². The number of hydrogen-bond donors (Lipinski definition) is 4. The van der Waals surface area contributed by atoms with Crippen molar-refractivity contribution in [3.8, 4) is 11.5 Å². The number of aromatic carboxylic acids is 2. The summed E-state index contributed by atoms with van der Waals surface area (Å²) in [6, 6.07) is 19.3. The van der Waals surface area contributed by atoms with Gasteiger partial charge in [0.2, 0.25) is 0 Å². The van der Waals surface area contributed by atoms with E-state index in [1.54, 1.807) is 60.7 Å². The summed E-state index contributed by atoms with van der Waals surface area (Å²) >= 11 is 25.5. The predicted octanol–water partition coefficient (Wildman–Crippen LogP) is 9.03. The Morgan fingerprint density at radius 1 is 0.610 bits per heavy atom. The van der Waals surface area contributed by atoms with Crippen LogP contribution in [0.5, 0.6) is 11.5 Å². The van der Waals surface area contributed by atoms with Crippen molar-refractivity contribution in [2.45, 2.75) is 6.42 Å². The minimum absolute atomic E-state index is 0.106. The molecule has 0 atom stereocenters. The fourth-order valence-corrected chi connectivity index (χ4v) is 5.01. The van der Waals surface area contributed by atoms with Gasteiger partial charge in [-0.2, -0.15) is 0 Å². The Labute approximate surface area is 255 Å². The van der Waals surface area contributed by atoms with Crippen molar-refractivity contribution in [2.75, 3.05) is 23.8 Å². The summed E-state index contributed by atoms with van der Waals surface area (Å²) in [7, 11) is 0. The molecule has 0 aromatic heterocycles. The first-order valence-corrected chi connectivity index (χ1v) is 13.6. The van der Waals surface area contributed by atoms with Crippen molar-refractivity contribution in [3.05, 3.63) is 104 Å². The van der Waals surface area contributed by atoms with Crippen LogP contribution in [0.25, 0.3) is 0 Å². The molecule has 0 heterocycles. The average molecular weight is 636 g/mol. The number of nitrogens with one attached hydrogen (secondary N) is 2. The summed E-state index contributed by atoms with van der Waals surface area (Å²) in [6.45, 7) is 0.434. The Bertz CT molecular complexity index is 1430. The van der Waals surface area contributed by atoms with Gasteiger partial charge in [-0.25, -0.2) is 9.59 Å². The van der Waals surface area contributed by atoms with Gasteiger partial charge in [0.05, 0.1) is 55.8 Å². The number of benzene rings is 4. The van der Waals surface area contributed by atoms with Crippen LogP contribution in [0.2, 0.25) is 20.1 Å². The third-order valence-electron chi connectivity index (χ3n) is 5.65. The quantitative estimate of drug-likeness (QED) is 0.114. The minimum Gasteiger partial charge on any atom is -0.490 e. The molecule has 0 fully saturated rings. The molecule has 41 heavy (non-hydrogen) atoms. The number of ether oxygens (including phenoxy) is 2. The van der Waals surface area contributed by atoms with E-state index in [0.29, 0.717) is 29.2 Å². The van der Waals surface area contributed by atoms with Crippen LogP contribution < -0.4 is 20.1 Å². The number of anilines is 4. The Kier molecular flexibility index (Phi) is 10.1. The molecular weight excluding hydrogens is 614 g/mol. The van der Waals surface area contributed by atoms with E-state index < -0.39 is 11.9 Å². The first kappa shape index (κ1) is 30.1. The van der Waals surface area contributed by atoms with Crippen molar-refractivity contribution >= 4 is 81.1 Å². The average Bonchev–Trinajstić information content (AvgIpc) is 2.91. The lowest BCUT2D eigenvalue weighted by Gasteiger charge is -2.15. The first-order valence-electron chi connectivity index (χ1n) is 12.1. The Hall–Kier alpha value is -3.82. The largest absolute Gasteiger partial charge is 0.490 e. The summed E-state index contributed by atoms with van der Waals surface area (Å²) in [4.78, 5) is 22.9. The lowest BCUT2D eigenvalue weighted by atomic mass is 10.1. The molecule has 0 aliphatic heterocycles. The smallest absolute Gasteiger partial charge is 0.337 e. The van der Waals surface area contributed by atoms with Crippen molar-refractivity contribution in [1.29, 1.82) is 0 Å². The van der Waals surface area contributed by atoms with Crippen LogP contribution in [0, 0.1) is 0 Å². The zero-order valence-corrected chi connectivity index (χ0v) is 24.1. The number of rotatable bonds is 12. The number of carboxylic acid groups (broad SMARTS) is 2. The molecule has 0 spiro atoms. The van der Waals surface area contributed by atoms with Gasteiger partial charge in [-0.3, -0.25) is 0 Å². The standard InChI is InChI=1S/C29H22Cl4N2O6/c30-20-12-16(34-24-8-3-1-6-18(24)28(36)37)13-21(31)26(20)40-10-5-11-41-27-22(32)14-17(15-23(27)33)35-25-9-4-2-7-19(25)29(38)39/h1-4,6-9,12-15,34-35H,5,10-11H2,(H,36,37)(H,38,39). The summed E-state index contributed by atoms with van der Waals surface area (Å²) in [5, 5.41) is 25.7. The fourth-order valence-electron chi connectivity index (χ4n) is 3.82. The van der Waals surface area contributed by atoms with E-state index in [0.717, 1.165) is 0 Å². The highest BCUT2D eigenvalue weighted by Crippen LogP contribution is 2.39. The summed E-state index contributed by atoms with van der Waals surface area (Å²) < 4.78 is 11.5. The maximum atomic E-state index is 11.5. The lowest BCUT2D eigenvalue weighted by Crippen LogP contribution is -2.07. The molecule has 0 amide bonds. The van der Waals surface area contributed by atoms with E-state index in [-0.39, 0.29) is 55.9 Å². The molecule has 12 heteroatoms. The van der Waals surface area contributed by atoms with Gasteiger partial charge in [-0.05, 0) is 48.5 Å². The van der Waals surface area contributed by atoms with E-state index >= 15 is 0 Å². The van der Waals surface area contributed by atoms with Gasteiger partial charge >= 0.3 is 11.9 Å². The van der Waals surface area contributed by atoms with Gasteiger partial charge in [0.15, 0.2) is 11.5 Å². The topological polar surface area (TPSA) is 117 Å². The fraction of sp³-hybridized carbons (Fsp3) is 0.103. The molecule has 4 N–H and O–H groups in total. The Balaban J connectivity index is 1.32. The zero-order valence-electron chi connectivity index (χ0n) is 21.1. The predicted molar refractivity (Wildman–Crippen MR) is 162 cm³/mol.